The fourth-order valence-electron chi connectivity index (χ4n) is 2.15. The molecule has 2 unspecified atom stereocenters. The third-order valence-electron chi connectivity index (χ3n) is 3.24. The number of ether oxygens (including phenoxy) is 2. The second-order valence-corrected chi connectivity index (χ2v) is 4.78. The fraction of sp³-hybridized carbons (Fsp3) is 0.533. The molecule has 0 aliphatic carbocycles. The molecule has 2 rings (SSSR count). The van der Waals surface area contributed by atoms with E-state index in [1.54, 1.807) is 0 Å². The van der Waals surface area contributed by atoms with Crippen LogP contribution in [0.15, 0.2) is 24.3 Å². The van der Waals surface area contributed by atoms with Crippen molar-refractivity contribution in [3.05, 3.63) is 29.8 Å². The summed E-state index contributed by atoms with van der Waals surface area (Å²) in [6.07, 6.45) is 1.26. The summed E-state index contributed by atoms with van der Waals surface area (Å²) in [4.78, 5) is 11.5. The van der Waals surface area contributed by atoms with Crippen molar-refractivity contribution in [2.45, 2.75) is 38.8 Å². The van der Waals surface area contributed by atoms with Crippen LogP contribution in [0.4, 0.5) is 0 Å². The Morgan fingerprint density at radius 3 is 2.95 bits per heavy atom. The van der Waals surface area contributed by atoms with Gasteiger partial charge in [-0.15, -0.1) is 0 Å². The van der Waals surface area contributed by atoms with E-state index in [4.69, 9.17) is 9.47 Å². The first-order valence-corrected chi connectivity index (χ1v) is 6.88. The van der Waals surface area contributed by atoms with Gasteiger partial charge in [-0.05, 0) is 26.0 Å². The van der Waals surface area contributed by atoms with Crippen LogP contribution < -0.4 is 10.1 Å². The van der Waals surface area contributed by atoms with Gasteiger partial charge < -0.3 is 14.8 Å². The number of rotatable bonds is 6. The van der Waals surface area contributed by atoms with Crippen molar-refractivity contribution in [3.8, 4) is 5.75 Å². The first kappa shape index (κ1) is 13.9. The molecule has 19 heavy (non-hydrogen) atoms. The highest BCUT2D eigenvalue weighted by atomic mass is 16.6. The van der Waals surface area contributed by atoms with Gasteiger partial charge in [-0.2, -0.15) is 0 Å². The number of carbonyl (C=O) groups excluding carboxylic acids is 1. The molecule has 1 N–H and O–H groups in total. The van der Waals surface area contributed by atoms with Gasteiger partial charge in [0.1, 0.15) is 5.75 Å². The molecule has 0 spiro atoms. The lowest BCUT2D eigenvalue weighted by atomic mass is 10.1. The molecule has 1 saturated heterocycles. The molecule has 0 bridgehead atoms. The molecule has 1 aromatic rings. The molecule has 4 nitrogen and oxygen atoms in total. The van der Waals surface area contributed by atoms with E-state index in [9.17, 15) is 4.79 Å². The number of esters is 1. The molecule has 1 aliphatic rings. The average Bonchev–Trinajstić information content (AvgIpc) is 2.82. The predicted molar refractivity (Wildman–Crippen MR) is 73.1 cm³/mol. The van der Waals surface area contributed by atoms with Crippen LogP contribution >= 0.6 is 0 Å². The highest BCUT2D eigenvalue weighted by Crippen LogP contribution is 2.27. The minimum Gasteiger partial charge on any atom is -0.478 e. The standard InChI is InChI=1S/C15H21NO3/c1-3-9-16-11(2)12-6-4-5-7-13(12)19-14-8-10-18-15(14)17/h4-7,11,14,16H,3,8-10H2,1-2H3. The van der Waals surface area contributed by atoms with Crippen LogP contribution in [0.3, 0.4) is 0 Å². The number of nitrogens with one attached hydrogen (secondary N) is 1. The van der Waals surface area contributed by atoms with Crippen molar-refractivity contribution >= 4 is 5.97 Å². The van der Waals surface area contributed by atoms with Gasteiger partial charge in [-0.25, -0.2) is 4.79 Å². The molecule has 0 aromatic heterocycles. The predicted octanol–water partition coefficient (Wildman–Crippen LogP) is 2.44. The number of para-hydroxylation sites is 1. The molecular weight excluding hydrogens is 242 g/mol. The van der Waals surface area contributed by atoms with Crippen LogP contribution in [0.5, 0.6) is 5.75 Å². The lowest BCUT2D eigenvalue weighted by Crippen LogP contribution is -2.24. The van der Waals surface area contributed by atoms with Gasteiger partial charge in [-0.1, -0.05) is 25.1 Å². The Morgan fingerprint density at radius 2 is 2.26 bits per heavy atom. The van der Waals surface area contributed by atoms with E-state index in [1.165, 1.54) is 0 Å². The van der Waals surface area contributed by atoms with E-state index in [0.717, 1.165) is 24.3 Å². The molecule has 2 atom stereocenters. The van der Waals surface area contributed by atoms with E-state index in [-0.39, 0.29) is 12.0 Å². The summed E-state index contributed by atoms with van der Waals surface area (Å²) in [6.45, 7) is 5.65. The lowest BCUT2D eigenvalue weighted by Gasteiger charge is -2.19. The molecular formula is C15H21NO3. The number of hydrogen-bond acceptors (Lipinski definition) is 4. The van der Waals surface area contributed by atoms with Crippen LogP contribution in [0, 0.1) is 0 Å². The summed E-state index contributed by atoms with van der Waals surface area (Å²) in [6, 6.07) is 8.05. The van der Waals surface area contributed by atoms with Gasteiger partial charge in [0.2, 0.25) is 0 Å². The zero-order valence-corrected chi connectivity index (χ0v) is 11.5. The van der Waals surface area contributed by atoms with Crippen molar-refractivity contribution in [1.82, 2.24) is 5.32 Å². The van der Waals surface area contributed by atoms with E-state index in [0.29, 0.717) is 13.0 Å². The maximum absolute atomic E-state index is 11.5. The Bertz CT molecular complexity index is 433. The average molecular weight is 263 g/mol. The third kappa shape index (κ3) is 3.47. The molecule has 4 heteroatoms. The van der Waals surface area contributed by atoms with Gasteiger partial charge in [0.25, 0.3) is 0 Å². The quantitative estimate of drug-likeness (QED) is 0.801. The van der Waals surface area contributed by atoms with Crippen molar-refractivity contribution in [2.75, 3.05) is 13.2 Å². The minimum absolute atomic E-state index is 0.202. The second-order valence-electron chi connectivity index (χ2n) is 4.78. The van der Waals surface area contributed by atoms with Crippen LogP contribution in [0.1, 0.15) is 38.3 Å². The van der Waals surface area contributed by atoms with Crippen molar-refractivity contribution in [3.63, 3.8) is 0 Å². The van der Waals surface area contributed by atoms with Crippen molar-refractivity contribution in [1.29, 1.82) is 0 Å². The van der Waals surface area contributed by atoms with Crippen LogP contribution in [0.25, 0.3) is 0 Å². The molecule has 1 heterocycles. The van der Waals surface area contributed by atoms with Crippen LogP contribution in [-0.2, 0) is 9.53 Å². The summed E-state index contributed by atoms with van der Waals surface area (Å²) >= 11 is 0. The normalized spacial score (nSPS) is 20.1. The van der Waals surface area contributed by atoms with E-state index in [2.05, 4.69) is 19.2 Å². The third-order valence-corrected chi connectivity index (χ3v) is 3.24. The molecule has 0 amide bonds. The smallest absolute Gasteiger partial charge is 0.347 e. The molecule has 1 aliphatic heterocycles. The fourth-order valence-corrected chi connectivity index (χ4v) is 2.15. The first-order valence-electron chi connectivity index (χ1n) is 6.88. The molecule has 0 saturated carbocycles. The van der Waals surface area contributed by atoms with E-state index < -0.39 is 6.10 Å². The molecule has 0 radical (unpaired) electrons. The molecule has 104 valence electrons. The number of carbonyl (C=O) groups is 1. The number of benzene rings is 1. The molecule has 1 aromatic carbocycles. The summed E-state index contributed by atoms with van der Waals surface area (Å²) in [5.41, 5.74) is 1.08. The second kappa shape index (κ2) is 6.57. The zero-order chi connectivity index (χ0) is 13.7. The van der Waals surface area contributed by atoms with Crippen LogP contribution in [0.2, 0.25) is 0 Å². The SMILES string of the molecule is CCCNC(C)c1ccccc1OC1CCOC1=O. The Hall–Kier alpha value is -1.55. The largest absolute Gasteiger partial charge is 0.478 e. The minimum atomic E-state index is -0.459. The number of cyclic esters (lactones) is 1. The topological polar surface area (TPSA) is 47.6 Å². The van der Waals surface area contributed by atoms with Crippen molar-refractivity contribution in [2.24, 2.45) is 0 Å². The highest BCUT2D eigenvalue weighted by molar-refractivity contribution is 5.76. The van der Waals surface area contributed by atoms with Gasteiger partial charge in [0.15, 0.2) is 6.10 Å². The van der Waals surface area contributed by atoms with Crippen LogP contribution in [-0.4, -0.2) is 25.2 Å². The molecule has 1 fully saturated rings. The Kier molecular flexibility index (Phi) is 4.80. The van der Waals surface area contributed by atoms with Crippen molar-refractivity contribution < 1.29 is 14.3 Å². The van der Waals surface area contributed by atoms with Gasteiger partial charge in [-0.3, -0.25) is 0 Å². The Balaban J connectivity index is 2.09. The number of hydrogen-bond donors (Lipinski definition) is 1. The summed E-state index contributed by atoms with van der Waals surface area (Å²) in [5.74, 6) is 0.506. The summed E-state index contributed by atoms with van der Waals surface area (Å²) < 4.78 is 10.7. The maximum Gasteiger partial charge on any atom is 0.347 e. The lowest BCUT2D eigenvalue weighted by molar-refractivity contribution is -0.143. The maximum atomic E-state index is 11.5. The summed E-state index contributed by atoms with van der Waals surface area (Å²) in [5, 5.41) is 3.43. The summed E-state index contributed by atoms with van der Waals surface area (Å²) in [7, 11) is 0. The Labute approximate surface area is 114 Å². The van der Waals surface area contributed by atoms with E-state index in [1.807, 2.05) is 24.3 Å². The highest BCUT2D eigenvalue weighted by Gasteiger charge is 2.29. The monoisotopic (exact) mass is 263 g/mol. The first-order chi connectivity index (χ1) is 9.22. The zero-order valence-electron chi connectivity index (χ0n) is 11.5. The Morgan fingerprint density at radius 1 is 1.47 bits per heavy atom. The van der Waals surface area contributed by atoms with Gasteiger partial charge >= 0.3 is 5.97 Å². The van der Waals surface area contributed by atoms with Gasteiger partial charge in [0, 0.05) is 18.0 Å². The van der Waals surface area contributed by atoms with E-state index >= 15 is 0 Å². The van der Waals surface area contributed by atoms with Gasteiger partial charge in [0.05, 0.1) is 6.61 Å².